The number of piperazine rings is 1. The molecule has 0 aromatic carbocycles. The van der Waals surface area contributed by atoms with Crippen LogP contribution in [-0.4, -0.2) is 77.9 Å². The largest absolute Gasteiger partial charge is 0.341 e. The van der Waals surface area contributed by atoms with Gasteiger partial charge in [0, 0.05) is 39.3 Å². The zero-order chi connectivity index (χ0) is 14.7. The van der Waals surface area contributed by atoms with Crippen molar-refractivity contribution < 1.29 is 9.59 Å². The standard InChI is InChI=1S/C14H26N4O2.ClH/c1-11(15)13(19)18-9-7-16(8-10-18)12(2)14(20)17-5-3-4-6-17;/h11-12H,3-10,15H2,1-2H3;1H. The minimum atomic E-state index is -0.440. The van der Waals surface area contributed by atoms with Crippen LogP contribution in [0.3, 0.4) is 0 Å². The number of amides is 2. The number of hydrogen-bond donors (Lipinski definition) is 1. The molecule has 2 atom stereocenters. The summed E-state index contributed by atoms with van der Waals surface area (Å²) in [6.45, 7) is 8.31. The zero-order valence-electron chi connectivity index (χ0n) is 13.0. The number of likely N-dealkylation sites (tertiary alicyclic amines) is 1. The molecular formula is C14H27ClN4O2. The van der Waals surface area contributed by atoms with E-state index in [-0.39, 0.29) is 30.3 Å². The third kappa shape index (κ3) is 4.31. The van der Waals surface area contributed by atoms with E-state index >= 15 is 0 Å². The number of carbonyl (C=O) groups is 2. The minimum Gasteiger partial charge on any atom is -0.341 e. The Labute approximate surface area is 133 Å². The zero-order valence-corrected chi connectivity index (χ0v) is 13.8. The second-order valence-electron chi connectivity index (χ2n) is 5.86. The maximum atomic E-state index is 12.4. The molecule has 0 bridgehead atoms. The van der Waals surface area contributed by atoms with Crippen molar-refractivity contribution in [2.45, 2.75) is 38.8 Å². The molecule has 2 aliphatic rings. The van der Waals surface area contributed by atoms with Crippen LogP contribution >= 0.6 is 12.4 Å². The highest BCUT2D eigenvalue weighted by Crippen LogP contribution is 2.14. The smallest absolute Gasteiger partial charge is 0.239 e. The molecule has 0 radical (unpaired) electrons. The molecule has 2 fully saturated rings. The Kier molecular flexibility index (Phi) is 6.90. The lowest BCUT2D eigenvalue weighted by molar-refractivity contribution is -0.138. The van der Waals surface area contributed by atoms with Gasteiger partial charge in [-0.1, -0.05) is 0 Å². The van der Waals surface area contributed by atoms with Gasteiger partial charge in [-0.25, -0.2) is 0 Å². The second kappa shape index (κ2) is 7.96. The summed E-state index contributed by atoms with van der Waals surface area (Å²) < 4.78 is 0. The van der Waals surface area contributed by atoms with Crippen LogP contribution in [0.25, 0.3) is 0 Å². The average molecular weight is 319 g/mol. The molecule has 6 nitrogen and oxygen atoms in total. The van der Waals surface area contributed by atoms with E-state index in [2.05, 4.69) is 4.90 Å². The van der Waals surface area contributed by atoms with Crippen LogP contribution in [0.15, 0.2) is 0 Å². The molecule has 122 valence electrons. The van der Waals surface area contributed by atoms with E-state index in [1.807, 2.05) is 11.8 Å². The molecule has 0 aliphatic carbocycles. The Balaban J connectivity index is 0.00000220. The van der Waals surface area contributed by atoms with Crippen LogP contribution in [0.4, 0.5) is 0 Å². The summed E-state index contributed by atoms with van der Waals surface area (Å²) >= 11 is 0. The predicted octanol–water partition coefficient (Wildman–Crippen LogP) is -0.0895. The first kappa shape index (κ1) is 18.2. The fraction of sp³-hybridized carbons (Fsp3) is 0.857. The van der Waals surface area contributed by atoms with Crippen LogP contribution in [-0.2, 0) is 9.59 Å². The Bertz CT molecular complexity index is 364. The van der Waals surface area contributed by atoms with Crippen molar-refractivity contribution in [2.24, 2.45) is 5.73 Å². The fourth-order valence-electron chi connectivity index (χ4n) is 2.98. The molecule has 2 unspecified atom stereocenters. The Morgan fingerprint density at radius 1 is 0.857 bits per heavy atom. The van der Waals surface area contributed by atoms with Crippen LogP contribution < -0.4 is 5.73 Å². The minimum absolute atomic E-state index is 0. The van der Waals surface area contributed by atoms with Crippen LogP contribution in [0.5, 0.6) is 0 Å². The number of rotatable bonds is 3. The quantitative estimate of drug-likeness (QED) is 0.789. The molecule has 2 N–H and O–H groups in total. The van der Waals surface area contributed by atoms with Gasteiger partial charge in [-0.2, -0.15) is 0 Å². The van der Waals surface area contributed by atoms with Crippen molar-refractivity contribution in [3.05, 3.63) is 0 Å². The first-order chi connectivity index (χ1) is 9.50. The molecule has 2 saturated heterocycles. The van der Waals surface area contributed by atoms with Gasteiger partial charge in [0.05, 0.1) is 12.1 Å². The first-order valence-electron chi connectivity index (χ1n) is 7.58. The van der Waals surface area contributed by atoms with E-state index in [9.17, 15) is 9.59 Å². The summed E-state index contributed by atoms with van der Waals surface area (Å²) in [4.78, 5) is 30.1. The molecule has 2 aliphatic heterocycles. The Morgan fingerprint density at radius 2 is 1.33 bits per heavy atom. The summed E-state index contributed by atoms with van der Waals surface area (Å²) in [6.07, 6.45) is 2.24. The van der Waals surface area contributed by atoms with E-state index in [1.54, 1.807) is 11.8 Å². The first-order valence-corrected chi connectivity index (χ1v) is 7.58. The van der Waals surface area contributed by atoms with Gasteiger partial charge in [-0.3, -0.25) is 14.5 Å². The summed E-state index contributed by atoms with van der Waals surface area (Å²) in [5.74, 6) is 0.234. The predicted molar refractivity (Wildman–Crippen MR) is 84.3 cm³/mol. The molecule has 0 saturated carbocycles. The summed E-state index contributed by atoms with van der Waals surface area (Å²) in [6, 6.07) is -0.522. The fourth-order valence-corrected chi connectivity index (χ4v) is 2.98. The van der Waals surface area contributed by atoms with Gasteiger partial charge in [-0.15, -0.1) is 12.4 Å². The van der Waals surface area contributed by atoms with Gasteiger partial charge >= 0.3 is 0 Å². The van der Waals surface area contributed by atoms with Gasteiger partial charge in [0.1, 0.15) is 0 Å². The van der Waals surface area contributed by atoms with Gasteiger partial charge in [0.25, 0.3) is 0 Å². The van der Waals surface area contributed by atoms with Crippen molar-refractivity contribution in [2.75, 3.05) is 39.3 Å². The van der Waals surface area contributed by atoms with Crippen molar-refractivity contribution in [3.63, 3.8) is 0 Å². The molecule has 21 heavy (non-hydrogen) atoms. The molecule has 2 amide bonds. The highest BCUT2D eigenvalue weighted by atomic mass is 35.5. The third-order valence-electron chi connectivity index (χ3n) is 4.34. The summed E-state index contributed by atoms with van der Waals surface area (Å²) in [7, 11) is 0. The van der Waals surface area contributed by atoms with Crippen molar-refractivity contribution in [1.29, 1.82) is 0 Å². The molecular weight excluding hydrogens is 292 g/mol. The topological polar surface area (TPSA) is 69.9 Å². The molecule has 7 heteroatoms. The van der Waals surface area contributed by atoms with Gasteiger partial charge in [0.2, 0.25) is 11.8 Å². The maximum Gasteiger partial charge on any atom is 0.239 e. The summed E-state index contributed by atoms with van der Waals surface area (Å²) in [5.41, 5.74) is 5.63. The third-order valence-corrected chi connectivity index (χ3v) is 4.34. The molecule has 2 heterocycles. The van der Waals surface area contributed by atoms with Crippen molar-refractivity contribution >= 4 is 24.2 Å². The monoisotopic (exact) mass is 318 g/mol. The SMILES string of the molecule is CC(N)C(=O)N1CCN(C(C)C(=O)N2CCCC2)CC1.Cl. The number of hydrogen-bond acceptors (Lipinski definition) is 4. The average Bonchev–Trinajstić information content (AvgIpc) is 2.99. The van der Waals surface area contributed by atoms with Gasteiger partial charge in [0.15, 0.2) is 0 Å². The Morgan fingerprint density at radius 3 is 1.81 bits per heavy atom. The van der Waals surface area contributed by atoms with Gasteiger partial charge in [-0.05, 0) is 26.7 Å². The second-order valence-corrected chi connectivity index (χ2v) is 5.86. The maximum absolute atomic E-state index is 12.4. The molecule has 0 spiro atoms. The van der Waals surface area contributed by atoms with Crippen LogP contribution in [0, 0.1) is 0 Å². The van der Waals surface area contributed by atoms with E-state index in [1.165, 1.54) is 0 Å². The number of carbonyl (C=O) groups excluding carboxylic acids is 2. The molecule has 0 aromatic rings. The highest BCUT2D eigenvalue weighted by Gasteiger charge is 2.31. The van der Waals surface area contributed by atoms with Gasteiger partial charge < -0.3 is 15.5 Å². The molecule has 0 aromatic heterocycles. The lowest BCUT2D eigenvalue weighted by Crippen LogP contribution is -2.57. The number of halogens is 1. The highest BCUT2D eigenvalue weighted by molar-refractivity contribution is 5.85. The van der Waals surface area contributed by atoms with E-state index in [0.29, 0.717) is 13.1 Å². The van der Waals surface area contributed by atoms with Crippen molar-refractivity contribution in [1.82, 2.24) is 14.7 Å². The lowest BCUT2D eigenvalue weighted by Gasteiger charge is -2.38. The number of nitrogens with two attached hydrogens (primary N) is 1. The van der Waals surface area contributed by atoms with E-state index in [4.69, 9.17) is 5.73 Å². The van der Waals surface area contributed by atoms with Crippen LogP contribution in [0.2, 0.25) is 0 Å². The molecule has 2 rings (SSSR count). The Hall–Kier alpha value is -0.850. The van der Waals surface area contributed by atoms with Crippen LogP contribution in [0.1, 0.15) is 26.7 Å². The van der Waals surface area contributed by atoms with Crippen molar-refractivity contribution in [3.8, 4) is 0 Å². The number of nitrogens with zero attached hydrogens (tertiary/aromatic N) is 3. The van der Waals surface area contributed by atoms with E-state index in [0.717, 1.165) is 39.0 Å². The summed E-state index contributed by atoms with van der Waals surface area (Å²) in [5, 5.41) is 0. The normalized spacial score (nSPS) is 22.6. The van der Waals surface area contributed by atoms with E-state index < -0.39 is 6.04 Å². The lowest BCUT2D eigenvalue weighted by atomic mass is 10.2.